The highest BCUT2D eigenvalue weighted by atomic mass is 15.1. The number of aromatic nitrogens is 2. The molecule has 0 fully saturated rings. The SMILES string of the molecule is CCc1c(CNC)n[nH]c1C. The molecule has 2 N–H and O–H groups in total. The molecule has 0 aliphatic heterocycles. The summed E-state index contributed by atoms with van der Waals surface area (Å²) in [6.07, 6.45) is 1.05. The maximum absolute atomic E-state index is 4.19. The molecule has 0 aliphatic rings. The van der Waals surface area contributed by atoms with Gasteiger partial charge in [-0.25, -0.2) is 0 Å². The molecule has 0 bridgehead atoms. The first kappa shape index (κ1) is 8.27. The fourth-order valence-electron chi connectivity index (χ4n) is 1.29. The molecule has 0 amide bonds. The fourth-order valence-corrected chi connectivity index (χ4v) is 1.29. The normalized spacial score (nSPS) is 10.5. The van der Waals surface area contributed by atoms with Crippen molar-refractivity contribution >= 4 is 0 Å². The Morgan fingerprint density at radius 2 is 2.27 bits per heavy atom. The van der Waals surface area contributed by atoms with E-state index in [1.165, 1.54) is 11.3 Å². The summed E-state index contributed by atoms with van der Waals surface area (Å²) in [4.78, 5) is 0. The summed E-state index contributed by atoms with van der Waals surface area (Å²) in [5.41, 5.74) is 3.68. The molecule has 0 aliphatic carbocycles. The van der Waals surface area contributed by atoms with Crippen LogP contribution in [0.1, 0.15) is 23.9 Å². The zero-order chi connectivity index (χ0) is 8.27. The van der Waals surface area contributed by atoms with Crippen LogP contribution in [0, 0.1) is 6.92 Å². The molecule has 62 valence electrons. The average molecular weight is 153 g/mol. The zero-order valence-electron chi connectivity index (χ0n) is 7.36. The van der Waals surface area contributed by atoms with Crippen LogP contribution >= 0.6 is 0 Å². The molecular formula is C8H15N3. The van der Waals surface area contributed by atoms with E-state index in [1.54, 1.807) is 0 Å². The first-order valence-corrected chi connectivity index (χ1v) is 3.96. The maximum atomic E-state index is 4.19. The summed E-state index contributed by atoms with van der Waals surface area (Å²) in [5.74, 6) is 0. The van der Waals surface area contributed by atoms with E-state index in [1.807, 2.05) is 7.05 Å². The van der Waals surface area contributed by atoms with Gasteiger partial charge in [-0.05, 0) is 26.0 Å². The van der Waals surface area contributed by atoms with Gasteiger partial charge in [-0.1, -0.05) is 6.92 Å². The molecule has 0 spiro atoms. The van der Waals surface area contributed by atoms with E-state index in [4.69, 9.17) is 0 Å². The lowest BCUT2D eigenvalue weighted by Gasteiger charge is -1.97. The van der Waals surface area contributed by atoms with Crippen LogP contribution in [0.2, 0.25) is 0 Å². The molecule has 1 aromatic heterocycles. The Balaban J connectivity index is 2.86. The Bertz CT molecular complexity index is 227. The lowest BCUT2D eigenvalue weighted by atomic mass is 10.1. The number of aromatic amines is 1. The Morgan fingerprint density at radius 1 is 1.55 bits per heavy atom. The van der Waals surface area contributed by atoms with Crippen LogP contribution in [-0.2, 0) is 13.0 Å². The third-order valence-corrected chi connectivity index (χ3v) is 1.86. The number of rotatable bonds is 3. The lowest BCUT2D eigenvalue weighted by Crippen LogP contribution is -2.07. The van der Waals surface area contributed by atoms with Gasteiger partial charge in [0.15, 0.2) is 0 Å². The van der Waals surface area contributed by atoms with Gasteiger partial charge in [0.1, 0.15) is 0 Å². The van der Waals surface area contributed by atoms with Crippen molar-refractivity contribution in [3.63, 3.8) is 0 Å². The molecule has 1 aromatic rings. The molecule has 0 saturated carbocycles. The molecule has 0 saturated heterocycles. The summed E-state index contributed by atoms with van der Waals surface area (Å²) in [5, 5.41) is 10.3. The van der Waals surface area contributed by atoms with Gasteiger partial charge in [-0.15, -0.1) is 0 Å². The van der Waals surface area contributed by atoms with Crippen molar-refractivity contribution in [2.24, 2.45) is 0 Å². The standard InChI is InChI=1S/C8H15N3/c1-4-7-6(2)10-11-8(7)5-9-3/h9H,4-5H2,1-3H3,(H,10,11). The molecule has 3 nitrogen and oxygen atoms in total. The number of H-pyrrole nitrogens is 1. The number of nitrogens with one attached hydrogen (secondary N) is 2. The Labute approximate surface area is 67.2 Å². The van der Waals surface area contributed by atoms with Crippen molar-refractivity contribution in [1.29, 1.82) is 0 Å². The minimum Gasteiger partial charge on any atom is -0.314 e. The van der Waals surface area contributed by atoms with Crippen molar-refractivity contribution in [1.82, 2.24) is 15.5 Å². The molecule has 3 heteroatoms. The second-order valence-electron chi connectivity index (χ2n) is 2.66. The molecule has 1 heterocycles. The van der Waals surface area contributed by atoms with Crippen molar-refractivity contribution < 1.29 is 0 Å². The van der Waals surface area contributed by atoms with Crippen LogP contribution < -0.4 is 5.32 Å². The topological polar surface area (TPSA) is 40.7 Å². The quantitative estimate of drug-likeness (QED) is 0.680. The lowest BCUT2D eigenvalue weighted by molar-refractivity contribution is 0.775. The molecular weight excluding hydrogens is 138 g/mol. The van der Waals surface area contributed by atoms with Crippen molar-refractivity contribution in [3.05, 3.63) is 17.0 Å². The third-order valence-electron chi connectivity index (χ3n) is 1.86. The molecule has 0 unspecified atom stereocenters. The smallest absolute Gasteiger partial charge is 0.0794 e. The molecule has 0 radical (unpaired) electrons. The van der Waals surface area contributed by atoms with Crippen molar-refractivity contribution in [2.75, 3.05) is 7.05 Å². The molecule has 0 aromatic carbocycles. The highest BCUT2D eigenvalue weighted by Gasteiger charge is 2.05. The highest BCUT2D eigenvalue weighted by Crippen LogP contribution is 2.10. The Kier molecular flexibility index (Phi) is 2.65. The zero-order valence-corrected chi connectivity index (χ0v) is 7.36. The first-order chi connectivity index (χ1) is 5.29. The number of hydrogen-bond acceptors (Lipinski definition) is 2. The highest BCUT2D eigenvalue weighted by molar-refractivity contribution is 5.23. The van der Waals surface area contributed by atoms with Crippen LogP contribution in [0.4, 0.5) is 0 Å². The van der Waals surface area contributed by atoms with E-state index in [-0.39, 0.29) is 0 Å². The van der Waals surface area contributed by atoms with E-state index in [0.717, 1.165) is 18.7 Å². The van der Waals surface area contributed by atoms with Gasteiger partial charge in [0.25, 0.3) is 0 Å². The van der Waals surface area contributed by atoms with E-state index in [2.05, 4.69) is 29.4 Å². The predicted molar refractivity (Wildman–Crippen MR) is 45.5 cm³/mol. The maximum Gasteiger partial charge on any atom is 0.0794 e. The first-order valence-electron chi connectivity index (χ1n) is 3.96. The van der Waals surface area contributed by atoms with Crippen molar-refractivity contribution in [2.45, 2.75) is 26.8 Å². The third kappa shape index (κ3) is 1.60. The van der Waals surface area contributed by atoms with Crippen LogP contribution in [0.25, 0.3) is 0 Å². The summed E-state index contributed by atoms with van der Waals surface area (Å²) in [6, 6.07) is 0. The van der Waals surface area contributed by atoms with Crippen LogP contribution in [0.15, 0.2) is 0 Å². The van der Waals surface area contributed by atoms with E-state index in [9.17, 15) is 0 Å². The molecule has 1 rings (SSSR count). The largest absolute Gasteiger partial charge is 0.314 e. The summed E-state index contributed by atoms with van der Waals surface area (Å²) < 4.78 is 0. The van der Waals surface area contributed by atoms with E-state index < -0.39 is 0 Å². The van der Waals surface area contributed by atoms with Crippen molar-refractivity contribution in [3.8, 4) is 0 Å². The minimum atomic E-state index is 0.855. The predicted octanol–water partition coefficient (Wildman–Crippen LogP) is 1.000. The van der Waals surface area contributed by atoms with Crippen LogP contribution in [0.5, 0.6) is 0 Å². The van der Waals surface area contributed by atoms with Gasteiger partial charge in [0, 0.05) is 12.2 Å². The van der Waals surface area contributed by atoms with Crippen LogP contribution in [-0.4, -0.2) is 17.2 Å². The van der Waals surface area contributed by atoms with Gasteiger partial charge in [-0.3, -0.25) is 5.10 Å². The summed E-state index contributed by atoms with van der Waals surface area (Å²) in [7, 11) is 1.93. The average Bonchev–Trinajstić information content (AvgIpc) is 2.33. The second-order valence-corrected chi connectivity index (χ2v) is 2.66. The van der Waals surface area contributed by atoms with E-state index in [0.29, 0.717) is 0 Å². The number of aryl methyl sites for hydroxylation is 1. The second kappa shape index (κ2) is 3.53. The van der Waals surface area contributed by atoms with Gasteiger partial charge in [0.2, 0.25) is 0 Å². The molecule has 0 atom stereocenters. The number of nitrogens with zero attached hydrogens (tertiary/aromatic N) is 1. The van der Waals surface area contributed by atoms with Crippen LogP contribution in [0.3, 0.4) is 0 Å². The van der Waals surface area contributed by atoms with Gasteiger partial charge in [-0.2, -0.15) is 5.10 Å². The Morgan fingerprint density at radius 3 is 2.82 bits per heavy atom. The molecule has 11 heavy (non-hydrogen) atoms. The minimum absolute atomic E-state index is 0.855. The van der Waals surface area contributed by atoms with E-state index >= 15 is 0 Å². The van der Waals surface area contributed by atoms with Gasteiger partial charge < -0.3 is 5.32 Å². The summed E-state index contributed by atoms with van der Waals surface area (Å²) >= 11 is 0. The Hall–Kier alpha value is -0.830. The van der Waals surface area contributed by atoms with Gasteiger partial charge >= 0.3 is 0 Å². The number of hydrogen-bond donors (Lipinski definition) is 2. The fraction of sp³-hybridized carbons (Fsp3) is 0.625. The summed E-state index contributed by atoms with van der Waals surface area (Å²) in [6.45, 7) is 5.06. The monoisotopic (exact) mass is 153 g/mol. The van der Waals surface area contributed by atoms with Gasteiger partial charge in [0.05, 0.1) is 5.69 Å².